The van der Waals surface area contributed by atoms with E-state index in [0.717, 1.165) is 0 Å². The SMILES string of the molecule is CNC(=O)NC(=O)[C@H](C)Sc1nnc(-c2ccc(Cl)cc2Cl)n1CC(C)C. The molecule has 1 atom stereocenters. The van der Waals surface area contributed by atoms with Gasteiger partial charge in [0.2, 0.25) is 5.91 Å². The number of rotatable bonds is 6. The van der Waals surface area contributed by atoms with Gasteiger partial charge in [-0.1, -0.05) is 48.8 Å². The van der Waals surface area contributed by atoms with E-state index in [1.807, 2.05) is 4.57 Å². The molecule has 0 bridgehead atoms. The smallest absolute Gasteiger partial charge is 0.321 e. The van der Waals surface area contributed by atoms with E-state index in [-0.39, 0.29) is 0 Å². The molecule has 0 aliphatic carbocycles. The lowest BCUT2D eigenvalue weighted by atomic mass is 10.2. The molecule has 2 aromatic rings. The molecule has 0 spiro atoms. The number of aromatic nitrogens is 3. The number of hydrogen-bond donors (Lipinski definition) is 2. The Morgan fingerprint density at radius 2 is 1.93 bits per heavy atom. The molecule has 27 heavy (non-hydrogen) atoms. The lowest BCUT2D eigenvalue weighted by Gasteiger charge is -2.15. The summed E-state index contributed by atoms with van der Waals surface area (Å²) in [6.07, 6.45) is 0. The largest absolute Gasteiger partial charge is 0.341 e. The number of halogens is 2. The summed E-state index contributed by atoms with van der Waals surface area (Å²) in [6.45, 7) is 6.49. The Morgan fingerprint density at radius 3 is 2.52 bits per heavy atom. The molecule has 3 amide bonds. The minimum atomic E-state index is -0.551. The first-order chi connectivity index (χ1) is 12.7. The Morgan fingerprint density at radius 1 is 1.22 bits per heavy atom. The van der Waals surface area contributed by atoms with Crippen LogP contribution in [0.3, 0.4) is 0 Å². The number of benzene rings is 1. The molecule has 10 heteroatoms. The number of nitrogens with zero attached hydrogens (tertiary/aromatic N) is 3. The Balaban J connectivity index is 2.33. The number of carbonyl (C=O) groups is 2. The summed E-state index contributed by atoms with van der Waals surface area (Å²) in [5, 5.41) is 14.2. The van der Waals surface area contributed by atoms with Crippen molar-refractivity contribution in [2.24, 2.45) is 5.92 Å². The molecular weight excluding hydrogens is 409 g/mol. The highest BCUT2D eigenvalue weighted by Gasteiger charge is 2.23. The molecular formula is C17H21Cl2N5O2S. The molecule has 0 aliphatic rings. The van der Waals surface area contributed by atoms with Gasteiger partial charge in [-0.15, -0.1) is 10.2 Å². The highest BCUT2D eigenvalue weighted by Crippen LogP contribution is 2.33. The van der Waals surface area contributed by atoms with Gasteiger partial charge in [0, 0.05) is 24.2 Å². The maximum Gasteiger partial charge on any atom is 0.321 e. The van der Waals surface area contributed by atoms with E-state index in [1.54, 1.807) is 25.1 Å². The van der Waals surface area contributed by atoms with Gasteiger partial charge >= 0.3 is 6.03 Å². The van der Waals surface area contributed by atoms with Crippen LogP contribution in [0.25, 0.3) is 11.4 Å². The van der Waals surface area contributed by atoms with Gasteiger partial charge in [-0.05, 0) is 31.0 Å². The second-order valence-electron chi connectivity index (χ2n) is 6.26. The predicted molar refractivity (Wildman–Crippen MR) is 108 cm³/mol. The summed E-state index contributed by atoms with van der Waals surface area (Å²) in [7, 11) is 1.45. The predicted octanol–water partition coefficient (Wildman–Crippen LogP) is 3.84. The second kappa shape index (κ2) is 9.43. The van der Waals surface area contributed by atoms with Gasteiger partial charge in [-0.3, -0.25) is 10.1 Å². The number of nitrogens with one attached hydrogen (secondary N) is 2. The van der Waals surface area contributed by atoms with Crippen molar-refractivity contribution in [3.05, 3.63) is 28.2 Å². The molecule has 1 aromatic heterocycles. The first kappa shape index (κ1) is 21.5. The van der Waals surface area contributed by atoms with Gasteiger partial charge in [0.05, 0.1) is 10.3 Å². The topological polar surface area (TPSA) is 88.9 Å². The van der Waals surface area contributed by atoms with Crippen LogP contribution in [-0.2, 0) is 11.3 Å². The molecule has 1 heterocycles. The molecule has 0 fully saturated rings. The van der Waals surface area contributed by atoms with Crippen LogP contribution in [0, 0.1) is 5.92 Å². The monoisotopic (exact) mass is 429 g/mol. The number of imide groups is 1. The van der Waals surface area contributed by atoms with E-state index in [9.17, 15) is 9.59 Å². The van der Waals surface area contributed by atoms with E-state index in [2.05, 4.69) is 34.7 Å². The van der Waals surface area contributed by atoms with Crippen LogP contribution < -0.4 is 10.6 Å². The number of thioether (sulfide) groups is 1. The van der Waals surface area contributed by atoms with Gasteiger partial charge in [-0.2, -0.15) is 0 Å². The van der Waals surface area contributed by atoms with Crippen LogP contribution in [-0.4, -0.2) is 39.0 Å². The average molecular weight is 430 g/mol. The minimum Gasteiger partial charge on any atom is -0.341 e. The Hall–Kier alpha value is -1.77. The fraction of sp³-hybridized carbons (Fsp3) is 0.412. The fourth-order valence-corrected chi connectivity index (χ4v) is 3.61. The van der Waals surface area contributed by atoms with E-state index in [1.165, 1.54) is 18.8 Å². The first-order valence-electron chi connectivity index (χ1n) is 8.30. The van der Waals surface area contributed by atoms with Crippen LogP contribution >= 0.6 is 35.0 Å². The molecule has 7 nitrogen and oxygen atoms in total. The number of hydrogen-bond acceptors (Lipinski definition) is 5. The lowest BCUT2D eigenvalue weighted by Crippen LogP contribution is -2.41. The molecule has 2 N–H and O–H groups in total. The summed E-state index contributed by atoms with van der Waals surface area (Å²) in [5.74, 6) is 0.511. The van der Waals surface area contributed by atoms with Crippen molar-refractivity contribution >= 4 is 46.9 Å². The van der Waals surface area contributed by atoms with E-state index < -0.39 is 17.2 Å². The summed E-state index contributed by atoms with van der Waals surface area (Å²) >= 11 is 13.5. The fourth-order valence-electron chi connectivity index (χ4n) is 2.26. The highest BCUT2D eigenvalue weighted by atomic mass is 35.5. The van der Waals surface area contributed by atoms with Gasteiger partial charge in [0.15, 0.2) is 11.0 Å². The molecule has 1 aromatic carbocycles. The van der Waals surface area contributed by atoms with Crippen LogP contribution in [0.4, 0.5) is 4.79 Å². The number of urea groups is 1. The molecule has 0 radical (unpaired) electrons. The van der Waals surface area contributed by atoms with Crippen molar-refractivity contribution in [3.63, 3.8) is 0 Å². The summed E-state index contributed by atoms with van der Waals surface area (Å²) in [6, 6.07) is 4.63. The van der Waals surface area contributed by atoms with Crippen molar-refractivity contribution < 1.29 is 9.59 Å². The van der Waals surface area contributed by atoms with Crippen LogP contribution in [0.1, 0.15) is 20.8 Å². The molecule has 0 saturated heterocycles. The standard InChI is InChI=1S/C17H21Cl2N5O2S/c1-9(2)8-24-14(12-6-5-11(18)7-13(12)19)22-23-17(24)27-10(3)15(25)21-16(26)20-4/h5-7,9-10H,8H2,1-4H3,(H2,20,21,25,26)/t10-/m0/s1. The molecule has 0 aliphatic heterocycles. The molecule has 0 unspecified atom stereocenters. The average Bonchev–Trinajstić information content (AvgIpc) is 2.96. The Bertz CT molecular complexity index is 841. The quantitative estimate of drug-likeness (QED) is 0.680. The molecule has 146 valence electrons. The van der Waals surface area contributed by atoms with E-state index >= 15 is 0 Å². The lowest BCUT2D eigenvalue weighted by molar-refractivity contribution is -0.119. The third-order valence-corrected chi connectivity index (χ3v) is 5.18. The maximum atomic E-state index is 12.1. The third-order valence-electron chi connectivity index (χ3n) is 3.55. The van der Waals surface area contributed by atoms with Crippen molar-refractivity contribution in [1.82, 2.24) is 25.4 Å². The number of amides is 3. The molecule has 2 rings (SSSR count). The Kier molecular flexibility index (Phi) is 7.52. The zero-order valence-corrected chi connectivity index (χ0v) is 17.7. The van der Waals surface area contributed by atoms with Gasteiger partial charge in [0.25, 0.3) is 0 Å². The first-order valence-corrected chi connectivity index (χ1v) is 9.94. The van der Waals surface area contributed by atoms with Crippen molar-refractivity contribution in [2.45, 2.75) is 37.7 Å². The van der Waals surface area contributed by atoms with Crippen molar-refractivity contribution in [1.29, 1.82) is 0 Å². The normalized spacial score (nSPS) is 12.1. The van der Waals surface area contributed by atoms with E-state index in [4.69, 9.17) is 23.2 Å². The van der Waals surface area contributed by atoms with Crippen LogP contribution in [0.5, 0.6) is 0 Å². The summed E-state index contributed by atoms with van der Waals surface area (Å²) in [5.41, 5.74) is 0.712. The van der Waals surface area contributed by atoms with Gasteiger partial charge < -0.3 is 9.88 Å². The zero-order valence-electron chi connectivity index (χ0n) is 15.4. The zero-order chi connectivity index (χ0) is 20.1. The number of carbonyl (C=O) groups excluding carboxylic acids is 2. The maximum absolute atomic E-state index is 12.1. The summed E-state index contributed by atoms with van der Waals surface area (Å²) < 4.78 is 1.92. The van der Waals surface area contributed by atoms with Crippen molar-refractivity contribution in [3.8, 4) is 11.4 Å². The van der Waals surface area contributed by atoms with E-state index in [0.29, 0.717) is 39.1 Å². The minimum absolute atomic E-state index is 0.320. The van der Waals surface area contributed by atoms with Crippen LogP contribution in [0.15, 0.2) is 23.4 Å². The van der Waals surface area contributed by atoms with Gasteiger partial charge in [0.1, 0.15) is 0 Å². The highest BCUT2D eigenvalue weighted by molar-refractivity contribution is 8.00. The molecule has 0 saturated carbocycles. The van der Waals surface area contributed by atoms with Crippen LogP contribution in [0.2, 0.25) is 10.0 Å². The van der Waals surface area contributed by atoms with Crippen molar-refractivity contribution in [2.75, 3.05) is 7.05 Å². The Labute approximate surface area is 172 Å². The third kappa shape index (κ3) is 5.60. The second-order valence-corrected chi connectivity index (χ2v) is 8.41. The van der Waals surface area contributed by atoms with Gasteiger partial charge in [-0.25, -0.2) is 4.79 Å². The summed E-state index contributed by atoms with van der Waals surface area (Å²) in [4.78, 5) is 23.5.